The Labute approximate surface area is 638 Å². The zero-order valence-electron chi connectivity index (χ0n) is 62.3. The van der Waals surface area contributed by atoms with Gasteiger partial charge in [0, 0.05) is 71.2 Å². The number of amides is 3. The topological polar surface area (TPSA) is 363 Å². The van der Waals surface area contributed by atoms with Crippen molar-refractivity contribution in [1.29, 1.82) is 0 Å². The Kier molecular flexibility index (Phi) is 31.9. The van der Waals surface area contributed by atoms with E-state index >= 15 is 4.79 Å². The summed E-state index contributed by atoms with van der Waals surface area (Å²) in [5.74, 6) is -8.94. The van der Waals surface area contributed by atoms with Crippen LogP contribution < -0.4 is 16.0 Å². The molecule has 110 heavy (non-hydrogen) atoms. The smallest absolute Gasteiger partial charge is 0.364 e. The maximum Gasteiger partial charge on any atom is 0.364 e. The second-order valence-corrected chi connectivity index (χ2v) is 27.4. The van der Waals surface area contributed by atoms with Gasteiger partial charge >= 0.3 is 23.9 Å². The fourth-order valence-electron chi connectivity index (χ4n) is 13.8. The van der Waals surface area contributed by atoms with Gasteiger partial charge in [-0.15, -0.1) is 0 Å². The van der Waals surface area contributed by atoms with Crippen molar-refractivity contribution in [3.05, 3.63) is 202 Å². The van der Waals surface area contributed by atoms with E-state index < -0.39 is 153 Å². The van der Waals surface area contributed by atoms with Gasteiger partial charge in [0.05, 0.1) is 58.7 Å². The Morgan fingerprint density at radius 1 is 0.600 bits per heavy atom. The van der Waals surface area contributed by atoms with E-state index in [0.29, 0.717) is 68.3 Å². The van der Waals surface area contributed by atoms with Gasteiger partial charge < -0.3 is 92.1 Å². The highest BCUT2D eigenvalue weighted by atomic mass is 16.8. The van der Waals surface area contributed by atoms with Gasteiger partial charge in [0.2, 0.25) is 17.7 Å². The molecular weight excluding hydrogens is 1420 g/mol. The largest absolute Gasteiger partial charge is 0.477 e. The first-order valence-corrected chi connectivity index (χ1v) is 37.1. The van der Waals surface area contributed by atoms with Crippen LogP contribution in [0.4, 0.5) is 0 Å². The minimum Gasteiger partial charge on any atom is -0.477 e. The fourth-order valence-corrected chi connectivity index (χ4v) is 13.8. The maximum atomic E-state index is 15.1. The molecule has 6 aromatic rings. The number of fused-ring (bicyclic) bond motifs is 2. The number of carboxylic acid groups (broad SMARTS) is 1. The minimum absolute atomic E-state index is 0.0404. The van der Waals surface area contributed by atoms with E-state index in [1.807, 2.05) is 115 Å². The third-order valence-corrected chi connectivity index (χ3v) is 18.8. The van der Waals surface area contributed by atoms with Crippen molar-refractivity contribution in [3.63, 3.8) is 0 Å². The molecule has 17 atom stereocenters. The molecular formula is C81H98N6O23. The average Bonchev–Trinajstić information content (AvgIpc) is 0.737. The summed E-state index contributed by atoms with van der Waals surface area (Å²) in [4.78, 5) is 98.3. The van der Waals surface area contributed by atoms with Gasteiger partial charge in [-0.2, -0.15) is 0 Å². The summed E-state index contributed by atoms with van der Waals surface area (Å²) in [6.07, 6.45) is -17.6. The van der Waals surface area contributed by atoms with Gasteiger partial charge in [-0.05, 0) is 76.7 Å². The van der Waals surface area contributed by atoms with E-state index in [9.17, 15) is 33.9 Å². The molecule has 0 radical (unpaired) electrons. The van der Waals surface area contributed by atoms with E-state index in [0.717, 1.165) is 56.0 Å². The summed E-state index contributed by atoms with van der Waals surface area (Å²) < 4.78 is 101. The molecule has 0 aromatic heterocycles. The van der Waals surface area contributed by atoms with Crippen LogP contribution in [-0.4, -0.2) is 184 Å². The van der Waals surface area contributed by atoms with Gasteiger partial charge in [0.1, 0.15) is 61.0 Å². The lowest BCUT2D eigenvalue weighted by Crippen LogP contribution is -2.72. The Balaban J connectivity index is 1.07. The number of hydrogen-bond donors (Lipinski definition) is 4. The Morgan fingerprint density at radius 3 is 1.82 bits per heavy atom. The molecule has 590 valence electrons. The van der Waals surface area contributed by atoms with Crippen molar-refractivity contribution in [3.8, 4) is 0 Å². The third-order valence-electron chi connectivity index (χ3n) is 18.8. The van der Waals surface area contributed by atoms with Crippen LogP contribution >= 0.6 is 0 Å². The lowest BCUT2D eigenvalue weighted by Gasteiger charge is -2.54. The molecule has 4 heterocycles. The molecule has 0 saturated carbocycles. The number of rotatable bonds is 40. The Bertz CT molecular complexity index is 3980. The molecule has 4 aliphatic heterocycles. The van der Waals surface area contributed by atoms with Crippen molar-refractivity contribution < 1.29 is 110 Å². The quantitative estimate of drug-likeness (QED) is 0.00694. The van der Waals surface area contributed by atoms with Crippen LogP contribution in [0.2, 0.25) is 0 Å². The summed E-state index contributed by atoms with van der Waals surface area (Å²) in [5, 5.41) is 26.3. The zero-order chi connectivity index (χ0) is 77.8. The van der Waals surface area contributed by atoms with Crippen molar-refractivity contribution in [2.45, 2.75) is 216 Å². The molecule has 6 aromatic carbocycles. The summed E-state index contributed by atoms with van der Waals surface area (Å²) in [6.45, 7) is 5.51. The van der Waals surface area contributed by atoms with E-state index in [1.165, 1.54) is 6.92 Å². The minimum atomic E-state index is -3.07. The molecule has 0 spiro atoms. The standard InChI is InChI=1S/C81H98N6O23/c1-51(88)85-68-63(102-53(3)90)43-81(80(94)95,109-74(68)71(104-55(5)92)64(103-54(4)91)48-96-44-56-26-12-6-13-27-56)110-75-72-66(50-101-77(107-72)62-38-37-60-34-21-22-35-61(60)42-62)106-79(76(75)100-47-59-32-18-9-19-33-59)108-70-65(49-97-45-57-28-14-7-15-29-57)105-78(69(86-52(2)89)73(70)99-46-58-30-16-8-17-31-58)98-41-25-11-23-39-83-67(93)36-20-10-24-40-84-87-82/h6-9,12-19,21-22,26-35,37-38,42,63-66,68-79H,10-11,20,23-25,36,39-41,43-50H2,1-5H3,(H,83,93)(H,85,88)(H,86,89)(H,94,95)/t63-,64+,65+,66+,68+,69+,70+,71+,72-,73+,74+,75-,76+,77-,78+,79-,81-/m0/s1. The molecule has 3 amide bonds. The number of unbranched alkanes of at least 4 members (excludes halogenated alkanes) is 4. The van der Waals surface area contributed by atoms with Crippen LogP contribution in [0.5, 0.6) is 0 Å². The monoisotopic (exact) mass is 1520 g/mol. The van der Waals surface area contributed by atoms with E-state index in [-0.39, 0.29) is 52.2 Å². The van der Waals surface area contributed by atoms with Crippen molar-refractivity contribution >= 4 is 52.4 Å². The van der Waals surface area contributed by atoms with Crippen molar-refractivity contribution in [2.75, 3.05) is 39.5 Å². The lowest BCUT2D eigenvalue weighted by atomic mass is 9.87. The molecule has 4 saturated heterocycles. The first-order chi connectivity index (χ1) is 53.3. The molecule has 10 rings (SSSR count). The lowest BCUT2D eigenvalue weighted by molar-refractivity contribution is -0.414. The Hall–Kier alpha value is -9.30. The van der Waals surface area contributed by atoms with E-state index in [4.69, 9.17) is 76.6 Å². The predicted molar refractivity (Wildman–Crippen MR) is 394 cm³/mol. The Morgan fingerprint density at radius 2 is 1.20 bits per heavy atom. The maximum absolute atomic E-state index is 15.1. The van der Waals surface area contributed by atoms with Gasteiger partial charge in [-0.1, -0.05) is 169 Å². The molecule has 0 unspecified atom stereocenters. The van der Waals surface area contributed by atoms with Crippen molar-refractivity contribution in [1.82, 2.24) is 16.0 Å². The predicted octanol–water partition coefficient (Wildman–Crippen LogP) is 9.63. The molecule has 4 aliphatic rings. The molecule has 29 heteroatoms. The number of aliphatic carboxylic acids is 1. The number of carbonyl (C=O) groups is 7. The van der Waals surface area contributed by atoms with Crippen LogP contribution in [-0.2, 0) is 131 Å². The number of azide groups is 1. The SMILES string of the molecule is CC(=O)N[C@H]1[C@H](OCCCCCNC(=O)CCCCCN=[N+]=[N-])O[C@H](COCc2ccccc2)[C@@H](O[C@@H]2O[C@@H]3CO[C@H](c4ccc5ccccc5c4)O[C@@H]3[C@H](O[C@]3(C(=O)O)C[C@H](OC(C)=O)[C@@H](NC(C)=O)[C@H]([C@H](OC(C)=O)[C@@H](COCc4ccccc4)OC(C)=O)O3)[C@H]2OCc2ccccc2)[C@@H]1OCc1ccccc1. The van der Waals surface area contributed by atoms with Gasteiger partial charge in [0.25, 0.3) is 5.79 Å². The van der Waals surface area contributed by atoms with Crippen LogP contribution in [0.1, 0.15) is 120 Å². The average molecular weight is 1520 g/mol. The molecule has 4 N–H and O–H groups in total. The van der Waals surface area contributed by atoms with Crippen LogP contribution in [0.25, 0.3) is 21.2 Å². The van der Waals surface area contributed by atoms with Gasteiger partial charge in [-0.25, -0.2) is 4.79 Å². The van der Waals surface area contributed by atoms with E-state index in [1.54, 1.807) is 48.5 Å². The van der Waals surface area contributed by atoms with E-state index in [2.05, 4.69) is 26.0 Å². The molecule has 4 fully saturated rings. The molecule has 0 bridgehead atoms. The second kappa shape index (κ2) is 42.2. The summed E-state index contributed by atoms with van der Waals surface area (Å²) in [5.41, 5.74) is 12.0. The number of carboxylic acids is 1. The molecule has 29 nitrogen and oxygen atoms in total. The number of ether oxygens (including phenoxy) is 15. The number of esters is 3. The first-order valence-electron chi connectivity index (χ1n) is 37.1. The van der Waals surface area contributed by atoms with Crippen LogP contribution in [0.15, 0.2) is 169 Å². The number of carbonyl (C=O) groups excluding carboxylic acids is 6. The van der Waals surface area contributed by atoms with Crippen LogP contribution in [0, 0.1) is 0 Å². The summed E-state index contributed by atoms with van der Waals surface area (Å²) >= 11 is 0. The number of hydrogen-bond acceptors (Lipinski definition) is 23. The summed E-state index contributed by atoms with van der Waals surface area (Å²) in [6, 6.07) is 47.3. The van der Waals surface area contributed by atoms with Crippen molar-refractivity contribution in [2.24, 2.45) is 5.11 Å². The summed E-state index contributed by atoms with van der Waals surface area (Å²) in [7, 11) is 0. The first kappa shape index (κ1) is 83.2. The normalized spacial score (nSPS) is 25.6. The number of nitrogens with one attached hydrogen (secondary N) is 3. The zero-order valence-corrected chi connectivity index (χ0v) is 62.3. The highest BCUT2D eigenvalue weighted by Gasteiger charge is 2.64. The van der Waals surface area contributed by atoms with Crippen LogP contribution in [0.3, 0.4) is 0 Å². The van der Waals surface area contributed by atoms with Gasteiger partial charge in [0.15, 0.2) is 31.1 Å². The highest BCUT2D eigenvalue weighted by Crippen LogP contribution is 2.45. The third kappa shape index (κ3) is 24.3. The van der Waals surface area contributed by atoms with Gasteiger partial charge in [-0.3, -0.25) is 28.8 Å². The fraction of sp³-hybridized carbons (Fsp3) is 0.494. The molecule has 0 aliphatic carbocycles. The number of benzene rings is 6. The second-order valence-electron chi connectivity index (χ2n) is 27.4. The highest BCUT2D eigenvalue weighted by molar-refractivity contribution is 5.83. The number of nitrogens with zero attached hydrogens (tertiary/aromatic N) is 3.